The molecule has 0 unspecified atom stereocenters. The Morgan fingerprint density at radius 2 is 2.04 bits per heavy atom. The van der Waals surface area contributed by atoms with E-state index >= 15 is 0 Å². The second-order valence-electron chi connectivity index (χ2n) is 5.35. The van der Waals surface area contributed by atoms with Crippen molar-refractivity contribution in [2.75, 3.05) is 13.7 Å². The van der Waals surface area contributed by atoms with Crippen LogP contribution in [0.25, 0.3) is 11.4 Å². The molecule has 0 aliphatic carbocycles. The van der Waals surface area contributed by atoms with E-state index in [9.17, 15) is 9.59 Å². The lowest BCUT2D eigenvalue weighted by molar-refractivity contribution is 0.0924. The molecular formula is C17H18N4O4. The lowest BCUT2D eigenvalue weighted by Crippen LogP contribution is -2.31. The Morgan fingerprint density at radius 1 is 1.28 bits per heavy atom. The minimum Gasteiger partial charge on any atom is -0.497 e. The number of hydrogen-bond donors (Lipinski definition) is 1. The van der Waals surface area contributed by atoms with E-state index in [0.717, 1.165) is 11.3 Å². The molecule has 130 valence electrons. The van der Waals surface area contributed by atoms with Gasteiger partial charge < -0.3 is 14.5 Å². The third-order valence-corrected chi connectivity index (χ3v) is 3.74. The molecule has 0 radical (unpaired) electrons. The summed E-state index contributed by atoms with van der Waals surface area (Å²) < 4.78 is 12.9. The van der Waals surface area contributed by atoms with E-state index in [1.165, 1.54) is 15.5 Å². The number of furan rings is 1. The van der Waals surface area contributed by atoms with Gasteiger partial charge in [-0.05, 0) is 36.4 Å². The van der Waals surface area contributed by atoms with Crippen molar-refractivity contribution in [2.24, 2.45) is 7.05 Å². The van der Waals surface area contributed by atoms with E-state index < -0.39 is 0 Å². The molecular weight excluding hydrogens is 324 g/mol. The molecule has 0 spiro atoms. The first kappa shape index (κ1) is 16.6. The highest BCUT2D eigenvalue weighted by molar-refractivity contribution is 5.91. The Hall–Kier alpha value is -3.29. The van der Waals surface area contributed by atoms with Crippen molar-refractivity contribution in [2.45, 2.75) is 6.54 Å². The van der Waals surface area contributed by atoms with Gasteiger partial charge in [-0.3, -0.25) is 9.36 Å². The third-order valence-electron chi connectivity index (χ3n) is 3.74. The minimum atomic E-state index is -0.329. The van der Waals surface area contributed by atoms with Gasteiger partial charge >= 0.3 is 5.69 Å². The maximum absolute atomic E-state index is 12.3. The van der Waals surface area contributed by atoms with Gasteiger partial charge in [0.15, 0.2) is 11.6 Å². The van der Waals surface area contributed by atoms with Crippen molar-refractivity contribution in [3.63, 3.8) is 0 Å². The fraction of sp³-hybridized carbons (Fsp3) is 0.235. The molecule has 1 aromatic carbocycles. The first-order valence-electron chi connectivity index (χ1n) is 7.70. The highest BCUT2D eigenvalue weighted by Crippen LogP contribution is 2.19. The van der Waals surface area contributed by atoms with Crippen molar-refractivity contribution in [3.05, 3.63) is 58.9 Å². The number of nitrogens with zero attached hydrogens (tertiary/aromatic N) is 3. The van der Waals surface area contributed by atoms with Crippen LogP contribution in [0.3, 0.4) is 0 Å². The average Bonchev–Trinajstić information content (AvgIpc) is 3.26. The zero-order chi connectivity index (χ0) is 17.8. The van der Waals surface area contributed by atoms with Gasteiger partial charge in [-0.2, -0.15) is 0 Å². The molecule has 0 atom stereocenters. The lowest BCUT2D eigenvalue weighted by Gasteiger charge is -2.02. The Labute approximate surface area is 143 Å². The van der Waals surface area contributed by atoms with Gasteiger partial charge in [0, 0.05) is 19.2 Å². The number of carbonyl (C=O) groups excluding carboxylic acids is 1. The van der Waals surface area contributed by atoms with Gasteiger partial charge in [0.05, 0.1) is 19.9 Å². The zero-order valence-corrected chi connectivity index (χ0v) is 13.9. The quantitative estimate of drug-likeness (QED) is 0.729. The summed E-state index contributed by atoms with van der Waals surface area (Å²) in [5, 5.41) is 7.03. The highest BCUT2D eigenvalue weighted by Gasteiger charge is 2.13. The fourth-order valence-electron chi connectivity index (χ4n) is 2.40. The smallest absolute Gasteiger partial charge is 0.345 e. The molecule has 1 N–H and O–H groups in total. The van der Waals surface area contributed by atoms with Crippen LogP contribution in [-0.4, -0.2) is 33.9 Å². The van der Waals surface area contributed by atoms with Crippen LogP contribution in [0.15, 0.2) is 51.9 Å². The molecule has 2 heterocycles. The monoisotopic (exact) mass is 342 g/mol. The maximum Gasteiger partial charge on any atom is 0.345 e. The molecule has 25 heavy (non-hydrogen) atoms. The Bertz CT molecular complexity index is 907. The summed E-state index contributed by atoms with van der Waals surface area (Å²) in [4.78, 5) is 24.1. The number of benzene rings is 1. The average molecular weight is 342 g/mol. The predicted molar refractivity (Wildman–Crippen MR) is 90.5 cm³/mol. The number of methoxy groups -OCH3 is 1. The molecule has 8 nitrogen and oxygen atoms in total. The first-order chi connectivity index (χ1) is 12.1. The molecule has 3 rings (SSSR count). The summed E-state index contributed by atoms with van der Waals surface area (Å²) >= 11 is 0. The van der Waals surface area contributed by atoms with Crippen LogP contribution in [0, 0.1) is 0 Å². The normalized spacial score (nSPS) is 10.6. The van der Waals surface area contributed by atoms with Crippen LogP contribution in [0.5, 0.6) is 5.75 Å². The number of nitrogens with one attached hydrogen (secondary N) is 1. The second-order valence-corrected chi connectivity index (χ2v) is 5.35. The summed E-state index contributed by atoms with van der Waals surface area (Å²) in [5.74, 6) is 1.18. The Morgan fingerprint density at radius 3 is 2.68 bits per heavy atom. The van der Waals surface area contributed by atoms with Crippen molar-refractivity contribution in [3.8, 4) is 17.1 Å². The van der Waals surface area contributed by atoms with Crippen LogP contribution >= 0.6 is 0 Å². The number of amides is 1. The van der Waals surface area contributed by atoms with Gasteiger partial charge in [-0.25, -0.2) is 9.48 Å². The van der Waals surface area contributed by atoms with E-state index in [1.807, 2.05) is 24.3 Å². The molecule has 1 amide bonds. The van der Waals surface area contributed by atoms with Crippen LogP contribution < -0.4 is 15.7 Å². The number of carbonyl (C=O) groups is 1. The number of hydrogen-bond acceptors (Lipinski definition) is 5. The Kier molecular flexibility index (Phi) is 4.69. The minimum absolute atomic E-state index is 0.229. The van der Waals surface area contributed by atoms with Crippen LogP contribution in [0.4, 0.5) is 0 Å². The number of ether oxygens (including phenoxy) is 1. The fourth-order valence-corrected chi connectivity index (χ4v) is 2.40. The van der Waals surface area contributed by atoms with Gasteiger partial charge in [0.25, 0.3) is 5.91 Å². The largest absolute Gasteiger partial charge is 0.497 e. The van der Waals surface area contributed by atoms with Crippen LogP contribution in [0.2, 0.25) is 0 Å². The summed E-state index contributed by atoms with van der Waals surface area (Å²) in [6.07, 6.45) is 1.43. The van der Waals surface area contributed by atoms with Crippen molar-refractivity contribution in [1.29, 1.82) is 0 Å². The van der Waals surface area contributed by atoms with Crippen molar-refractivity contribution >= 4 is 5.91 Å². The van der Waals surface area contributed by atoms with Crippen LogP contribution in [-0.2, 0) is 13.6 Å². The van der Waals surface area contributed by atoms with Crippen molar-refractivity contribution in [1.82, 2.24) is 19.7 Å². The molecule has 0 aliphatic heterocycles. The van der Waals surface area contributed by atoms with E-state index in [4.69, 9.17) is 9.15 Å². The number of rotatable bonds is 6. The topological polar surface area (TPSA) is 91.3 Å². The van der Waals surface area contributed by atoms with Gasteiger partial charge in [-0.15, -0.1) is 5.10 Å². The molecule has 2 aromatic heterocycles. The molecule has 0 saturated carbocycles. The molecule has 0 aliphatic rings. The lowest BCUT2D eigenvalue weighted by atomic mass is 10.2. The maximum atomic E-state index is 12.3. The van der Waals surface area contributed by atoms with E-state index in [1.54, 1.807) is 26.3 Å². The molecule has 0 saturated heterocycles. The summed E-state index contributed by atoms with van der Waals surface area (Å²) in [6.45, 7) is 0.522. The Balaban J connectivity index is 1.70. The molecule has 8 heteroatoms. The second kappa shape index (κ2) is 7.08. The third kappa shape index (κ3) is 3.47. The molecule has 0 fully saturated rings. The summed E-state index contributed by atoms with van der Waals surface area (Å²) in [6, 6.07) is 10.5. The summed E-state index contributed by atoms with van der Waals surface area (Å²) in [5.41, 5.74) is 0.553. The molecule has 0 bridgehead atoms. The predicted octanol–water partition coefficient (Wildman–Crippen LogP) is 1.28. The van der Waals surface area contributed by atoms with E-state index in [2.05, 4.69) is 10.4 Å². The van der Waals surface area contributed by atoms with Crippen molar-refractivity contribution < 1.29 is 13.9 Å². The SMILES string of the molecule is COc1ccc(-c2nn(CCNC(=O)c3ccco3)c(=O)n2C)cc1. The highest BCUT2D eigenvalue weighted by atomic mass is 16.5. The standard InChI is InChI=1S/C17H18N4O4/c1-20-15(12-5-7-13(24-2)8-6-12)19-21(17(20)23)10-9-18-16(22)14-4-3-11-25-14/h3-8,11H,9-10H2,1-2H3,(H,18,22). The van der Waals surface area contributed by atoms with Gasteiger partial charge in [-0.1, -0.05) is 0 Å². The van der Waals surface area contributed by atoms with E-state index in [-0.39, 0.29) is 30.4 Å². The van der Waals surface area contributed by atoms with Gasteiger partial charge in [0.1, 0.15) is 5.75 Å². The zero-order valence-electron chi connectivity index (χ0n) is 13.9. The first-order valence-corrected chi connectivity index (χ1v) is 7.70. The number of aromatic nitrogens is 3. The van der Waals surface area contributed by atoms with E-state index in [0.29, 0.717) is 5.82 Å². The summed E-state index contributed by atoms with van der Waals surface area (Å²) in [7, 11) is 3.25. The van der Waals surface area contributed by atoms with Gasteiger partial charge in [0.2, 0.25) is 0 Å². The van der Waals surface area contributed by atoms with Crippen LogP contribution in [0.1, 0.15) is 10.6 Å². The molecule has 3 aromatic rings.